The molecule has 3 aliphatic rings. The Kier molecular flexibility index (Phi) is 3.15. The molecule has 1 aromatic heterocycles. The minimum absolute atomic E-state index is 0.000616. The predicted octanol–water partition coefficient (Wildman–Crippen LogP) is 1.86. The van der Waals surface area contributed by atoms with Crippen LogP contribution in [0.1, 0.15) is 36.2 Å². The molecule has 0 radical (unpaired) electrons. The van der Waals surface area contributed by atoms with Crippen molar-refractivity contribution < 1.29 is 0 Å². The second kappa shape index (κ2) is 5.03. The van der Waals surface area contributed by atoms with Crippen molar-refractivity contribution in [1.29, 1.82) is 0 Å². The van der Waals surface area contributed by atoms with Crippen LogP contribution in [0, 0.1) is 0 Å². The minimum Gasteiger partial charge on any atom is -0.317 e. The quantitative estimate of drug-likeness (QED) is 0.844. The van der Waals surface area contributed by atoms with Gasteiger partial charge in [-0.3, -0.25) is 4.79 Å². The van der Waals surface area contributed by atoms with E-state index in [1.807, 2.05) is 22.9 Å². The number of fused-ring (bicyclic) bond motifs is 3. The van der Waals surface area contributed by atoms with Gasteiger partial charge in [0.2, 0.25) is 0 Å². The fraction of sp³-hybridized carbons (Fsp3) is 0.400. The van der Waals surface area contributed by atoms with E-state index in [4.69, 9.17) is 5.10 Å². The molecule has 0 saturated carbocycles. The second-order valence-electron chi connectivity index (χ2n) is 5.60. The number of allylic oxidation sites excluding steroid dienone is 4. The second-order valence-corrected chi connectivity index (χ2v) is 6.52. The van der Waals surface area contributed by atoms with Crippen molar-refractivity contribution >= 4 is 21.6 Å². The van der Waals surface area contributed by atoms with Gasteiger partial charge in [-0.25, -0.2) is 4.68 Å². The molecule has 0 amide bonds. The van der Waals surface area contributed by atoms with Crippen LogP contribution in [0.4, 0.5) is 0 Å². The zero-order valence-electron chi connectivity index (χ0n) is 11.4. The average Bonchev–Trinajstić information content (AvgIpc) is 2.84. The molecular formula is C15H15BrN4O. The molecule has 0 spiro atoms. The summed E-state index contributed by atoms with van der Waals surface area (Å²) < 4.78 is 2.89. The Hall–Kier alpha value is -1.53. The highest BCUT2D eigenvalue weighted by molar-refractivity contribution is 9.11. The molecule has 4 rings (SSSR count). The van der Waals surface area contributed by atoms with Gasteiger partial charge in [-0.2, -0.15) is 10.1 Å². The Morgan fingerprint density at radius 3 is 2.95 bits per heavy atom. The lowest BCUT2D eigenvalue weighted by atomic mass is 9.93. The zero-order valence-corrected chi connectivity index (χ0v) is 13.0. The molecule has 3 heterocycles. The highest BCUT2D eigenvalue weighted by Gasteiger charge is 2.31. The van der Waals surface area contributed by atoms with E-state index in [2.05, 4.69) is 26.2 Å². The Labute approximate surface area is 130 Å². The number of nitrogens with zero attached hydrogens (tertiary/aromatic N) is 3. The molecule has 5 nitrogen and oxygen atoms in total. The third-order valence-corrected chi connectivity index (χ3v) is 4.75. The highest BCUT2D eigenvalue weighted by atomic mass is 79.9. The summed E-state index contributed by atoms with van der Waals surface area (Å²) in [5.41, 5.74) is 1.79. The van der Waals surface area contributed by atoms with Crippen LogP contribution >= 0.6 is 15.9 Å². The maximum absolute atomic E-state index is 12.0. The first-order valence-electron chi connectivity index (χ1n) is 7.21. The number of nitrogens with one attached hydrogen (secondary N) is 1. The SMILES string of the molecule is O=c1cc(C2CCNCC2)n2c(n1)C1C=CC(Br)=CC1=N2. The number of hydrogen-bond donors (Lipinski definition) is 1. The molecule has 108 valence electrons. The number of aromatic nitrogens is 2. The summed E-state index contributed by atoms with van der Waals surface area (Å²) in [5.74, 6) is 1.13. The predicted molar refractivity (Wildman–Crippen MR) is 85.1 cm³/mol. The molecule has 21 heavy (non-hydrogen) atoms. The standard InChI is InChI=1S/C15H15BrN4O/c16-10-1-2-11-12(7-10)19-20-13(8-14(21)18-15(11)20)9-3-5-17-6-4-9/h1-2,7-9,11,17H,3-6H2. The monoisotopic (exact) mass is 346 g/mol. The maximum atomic E-state index is 12.0. The number of piperidine rings is 1. The Bertz CT molecular complexity index is 741. The van der Waals surface area contributed by atoms with Crippen LogP contribution < -0.4 is 10.9 Å². The van der Waals surface area contributed by atoms with Crippen LogP contribution in [-0.4, -0.2) is 28.5 Å². The van der Waals surface area contributed by atoms with E-state index in [-0.39, 0.29) is 11.5 Å². The molecular weight excluding hydrogens is 332 g/mol. The summed E-state index contributed by atoms with van der Waals surface area (Å²) in [5, 5.41) is 8.05. The third kappa shape index (κ3) is 2.22. The van der Waals surface area contributed by atoms with Crippen LogP contribution in [-0.2, 0) is 0 Å². The number of rotatable bonds is 1. The molecule has 1 atom stereocenters. The fourth-order valence-electron chi connectivity index (χ4n) is 3.22. The molecule has 1 N–H and O–H groups in total. The summed E-state index contributed by atoms with van der Waals surface area (Å²) in [6.45, 7) is 1.98. The van der Waals surface area contributed by atoms with Gasteiger partial charge in [0.25, 0.3) is 5.56 Å². The lowest BCUT2D eigenvalue weighted by molar-refractivity contribution is 0.439. The van der Waals surface area contributed by atoms with Gasteiger partial charge in [-0.15, -0.1) is 0 Å². The first kappa shape index (κ1) is 13.2. The lowest BCUT2D eigenvalue weighted by Gasteiger charge is -2.24. The van der Waals surface area contributed by atoms with E-state index >= 15 is 0 Å². The largest absolute Gasteiger partial charge is 0.317 e. The summed E-state index contributed by atoms with van der Waals surface area (Å²) in [4.78, 5) is 16.2. The van der Waals surface area contributed by atoms with Gasteiger partial charge in [0.05, 0.1) is 17.3 Å². The summed E-state index contributed by atoms with van der Waals surface area (Å²) in [6.07, 6.45) is 8.10. The van der Waals surface area contributed by atoms with Crippen molar-refractivity contribution in [2.24, 2.45) is 5.10 Å². The van der Waals surface area contributed by atoms with Crippen molar-refractivity contribution in [3.05, 3.63) is 50.6 Å². The van der Waals surface area contributed by atoms with Gasteiger partial charge in [0, 0.05) is 16.5 Å². The Balaban J connectivity index is 1.84. The fourth-order valence-corrected chi connectivity index (χ4v) is 3.61. The van der Waals surface area contributed by atoms with E-state index in [9.17, 15) is 4.79 Å². The van der Waals surface area contributed by atoms with Gasteiger partial charge in [0.1, 0.15) is 5.82 Å². The first-order chi connectivity index (χ1) is 10.2. The Morgan fingerprint density at radius 2 is 2.14 bits per heavy atom. The van der Waals surface area contributed by atoms with E-state index in [1.54, 1.807) is 6.07 Å². The van der Waals surface area contributed by atoms with Crippen molar-refractivity contribution in [2.45, 2.75) is 24.7 Å². The van der Waals surface area contributed by atoms with E-state index in [0.717, 1.165) is 47.6 Å². The first-order valence-corrected chi connectivity index (χ1v) is 8.00. The van der Waals surface area contributed by atoms with Crippen LogP contribution in [0.25, 0.3) is 0 Å². The molecule has 1 aliphatic carbocycles. The minimum atomic E-state index is -0.159. The molecule has 6 heteroatoms. The molecule has 2 aliphatic heterocycles. The van der Waals surface area contributed by atoms with Crippen LogP contribution in [0.2, 0.25) is 0 Å². The lowest BCUT2D eigenvalue weighted by Crippen LogP contribution is -2.29. The number of halogens is 1. The van der Waals surface area contributed by atoms with Crippen LogP contribution in [0.15, 0.2) is 38.7 Å². The molecule has 1 aromatic rings. The normalized spacial score (nSPS) is 24.3. The number of hydrogen-bond acceptors (Lipinski definition) is 4. The topological polar surface area (TPSA) is 59.3 Å². The van der Waals surface area contributed by atoms with Crippen molar-refractivity contribution in [2.75, 3.05) is 13.1 Å². The summed E-state index contributed by atoms with van der Waals surface area (Å²) in [7, 11) is 0. The molecule has 0 aromatic carbocycles. The van der Waals surface area contributed by atoms with E-state index < -0.39 is 0 Å². The van der Waals surface area contributed by atoms with Gasteiger partial charge >= 0.3 is 0 Å². The van der Waals surface area contributed by atoms with E-state index in [1.165, 1.54) is 0 Å². The molecule has 0 bridgehead atoms. The van der Waals surface area contributed by atoms with E-state index in [0.29, 0.717) is 5.92 Å². The van der Waals surface area contributed by atoms with Crippen molar-refractivity contribution in [3.63, 3.8) is 0 Å². The van der Waals surface area contributed by atoms with Crippen molar-refractivity contribution in [3.8, 4) is 0 Å². The van der Waals surface area contributed by atoms with Gasteiger partial charge in [-0.1, -0.05) is 28.1 Å². The molecule has 1 fully saturated rings. The zero-order chi connectivity index (χ0) is 14.4. The van der Waals surface area contributed by atoms with Crippen LogP contribution in [0.5, 0.6) is 0 Å². The highest BCUT2D eigenvalue weighted by Crippen LogP contribution is 2.33. The van der Waals surface area contributed by atoms with Crippen molar-refractivity contribution in [1.82, 2.24) is 15.0 Å². The smallest absolute Gasteiger partial charge is 0.273 e. The molecule has 1 unspecified atom stereocenters. The van der Waals surface area contributed by atoms with Gasteiger partial charge in [-0.05, 0) is 32.0 Å². The van der Waals surface area contributed by atoms with Crippen LogP contribution in [0.3, 0.4) is 0 Å². The third-order valence-electron chi connectivity index (χ3n) is 4.26. The van der Waals surface area contributed by atoms with Gasteiger partial charge in [0.15, 0.2) is 0 Å². The maximum Gasteiger partial charge on any atom is 0.273 e. The summed E-state index contributed by atoms with van der Waals surface area (Å²) >= 11 is 3.47. The summed E-state index contributed by atoms with van der Waals surface area (Å²) in [6, 6.07) is 1.66. The average molecular weight is 347 g/mol. The van der Waals surface area contributed by atoms with Gasteiger partial charge < -0.3 is 5.32 Å². The Morgan fingerprint density at radius 1 is 1.33 bits per heavy atom. The molecule has 1 saturated heterocycles.